The summed E-state index contributed by atoms with van der Waals surface area (Å²) < 4.78 is 0.944. The quantitative estimate of drug-likeness (QED) is 0.752. The van der Waals surface area contributed by atoms with Gasteiger partial charge in [-0.2, -0.15) is 0 Å². The van der Waals surface area contributed by atoms with Crippen LogP contribution in [0.2, 0.25) is 0 Å². The summed E-state index contributed by atoms with van der Waals surface area (Å²) >= 11 is 3.37. The monoisotopic (exact) mass is 298 g/mol. The minimum Gasteiger partial charge on any atom is -0.308 e. The number of carbonyl (C=O) groups is 1. The van der Waals surface area contributed by atoms with E-state index in [1.165, 1.54) is 0 Å². The molecule has 0 aliphatic heterocycles. The van der Waals surface area contributed by atoms with Gasteiger partial charge in [-0.1, -0.05) is 28.1 Å². The zero-order chi connectivity index (χ0) is 12.8. The molecule has 1 aromatic rings. The maximum atomic E-state index is 12.0. The number of ketones is 1. The Morgan fingerprint density at radius 1 is 1.24 bits per heavy atom. The van der Waals surface area contributed by atoms with E-state index >= 15 is 0 Å². The molecule has 1 rings (SSSR count). The van der Waals surface area contributed by atoms with Crippen molar-refractivity contribution in [1.29, 1.82) is 0 Å². The fourth-order valence-electron chi connectivity index (χ4n) is 1.45. The smallest absolute Gasteiger partial charge is 0.176 e. The van der Waals surface area contributed by atoms with Crippen LogP contribution in [0.1, 0.15) is 10.4 Å². The number of carbonyl (C=O) groups excluding carboxylic acids is 1. The molecule has 0 aliphatic carbocycles. The lowest BCUT2D eigenvalue weighted by Crippen LogP contribution is -2.32. The fourth-order valence-corrected chi connectivity index (χ4v) is 1.85. The van der Waals surface area contributed by atoms with Gasteiger partial charge < -0.3 is 4.90 Å². The van der Waals surface area contributed by atoms with Gasteiger partial charge in [0.15, 0.2) is 5.78 Å². The SMILES string of the molecule is CN(C)CCN(C)CC(=O)c1cccc(Br)c1. The first-order valence-corrected chi connectivity index (χ1v) is 6.40. The van der Waals surface area contributed by atoms with E-state index in [0.717, 1.165) is 23.1 Å². The van der Waals surface area contributed by atoms with E-state index in [-0.39, 0.29) is 5.78 Å². The highest BCUT2D eigenvalue weighted by Crippen LogP contribution is 2.12. The highest BCUT2D eigenvalue weighted by Gasteiger charge is 2.09. The molecule has 1 aromatic carbocycles. The van der Waals surface area contributed by atoms with Crippen molar-refractivity contribution in [3.63, 3.8) is 0 Å². The van der Waals surface area contributed by atoms with Crippen LogP contribution >= 0.6 is 15.9 Å². The number of halogens is 1. The summed E-state index contributed by atoms with van der Waals surface area (Å²) in [6, 6.07) is 7.53. The van der Waals surface area contributed by atoms with Crippen LogP contribution in [-0.4, -0.2) is 56.4 Å². The van der Waals surface area contributed by atoms with Crippen molar-refractivity contribution in [2.45, 2.75) is 0 Å². The van der Waals surface area contributed by atoms with E-state index in [1.807, 2.05) is 50.3 Å². The number of benzene rings is 1. The Bertz CT molecular complexity index is 379. The van der Waals surface area contributed by atoms with E-state index in [4.69, 9.17) is 0 Å². The van der Waals surface area contributed by atoms with Gasteiger partial charge in [0.25, 0.3) is 0 Å². The molecule has 0 aromatic heterocycles. The molecule has 0 fully saturated rings. The topological polar surface area (TPSA) is 23.6 Å². The Balaban J connectivity index is 2.49. The molecule has 0 heterocycles. The molecule has 0 atom stereocenters. The minimum atomic E-state index is 0.160. The normalized spacial score (nSPS) is 11.2. The van der Waals surface area contributed by atoms with Crippen LogP contribution in [0, 0.1) is 0 Å². The van der Waals surface area contributed by atoms with E-state index in [1.54, 1.807) is 0 Å². The summed E-state index contributed by atoms with van der Waals surface area (Å²) in [7, 11) is 6.04. The summed E-state index contributed by atoms with van der Waals surface area (Å²) in [5.74, 6) is 0.160. The van der Waals surface area contributed by atoms with Crippen molar-refractivity contribution >= 4 is 21.7 Å². The van der Waals surface area contributed by atoms with Crippen molar-refractivity contribution in [1.82, 2.24) is 9.80 Å². The number of nitrogens with zero attached hydrogens (tertiary/aromatic N) is 2. The third-order valence-electron chi connectivity index (χ3n) is 2.49. The second-order valence-corrected chi connectivity index (χ2v) is 5.39. The Hall–Kier alpha value is -0.710. The molecule has 0 aliphatic rings. The summed E-state index contributed by atoms with van der Waals surface area (Å²) in [6.45, 7) is 2.32. The van der Waals surface area contributed by atoms with Gasteiger partial charge in [0.2, 0.25) is 0 Å². The van der Waals surface area contributed by atoms with Gasteiger partial charge in [0, 0.05) is 23.1 Å². The highest BCUT2D eigenvalue weighted by atomic mass is 79.9. The van der Waals surface area contributed by atoms with Crippen LogP contribution in [0.15, 0.2) is 28.7 Å². The molecular weight excluding hydrogens is 280 g/mol. The summed E-state index contributed by atoms with van der Waals surface area (Å²) in [5.41, 5.74) is 0.760. The highest BCUT2D eigenvalue weighted by molar-refractivity contribution is 9.10. The van der Waals surface area contributed by atoms with Crippen molar-refractivity contribution in [2.24, 2.45) is 0 Å². The van der Waals surface area contributed by atoms with Gasteiger partial charge >= 0.3 is 0 Å². The number of Topliss-reactive ketones (excluding diaryl/α,β-unsaturated/α-hetero) is 1. The second-order valence-electron chi connectivity index (χ2n) is 4.47. The maximum Gasteiger partial charge on any atom is 0.176 e. The largest absolute Gasteiger partial charge is 0.308 e. The molecule has 0 radical (unpaired) electrons. The summed E-state index contributed by atoms with van der Waals surface area (Å²) in [6.07, 6.45) is 0. The molecule has 3 nitrogen and oxygen atoms in total. The van der Waals surface area contributed by atoms with Crippen LogP contribution in [-0.2, 0) is 0 Å². The molecule has 0 spiro atoms. The van der Waals surface area contributed by atoms with Crippen LogP contribution < -0.4 is 0 Å². The lowest BCUT2D eigenvalue weighted by Gasteiger charge is -2.18. The van der Waals surface area contributed by atoms with Gasteiger partial charge in [-0.3, -0.25) is 9.69 Å². The lowest BCUT2D eigenvalue weighted by atomic mass is 10.1. The first-order chi connectivity index (χ1) is 7.99. The Labute approximate surface area is 112 Å². The first-order valence-electron chi connectivity index (χ1n) is 5.61. The standard InChI is InChI=1S/C13H19BrN2O/c1-15(2)7-8-16(3)10-13(17)11-5-4-6-12(14)9-11/h4-6,9H,7-8,10H2,1-3H3. The van der Waals surface area contributed by atoms with Crippen LogP contribution in [0.25, 0.3) is 0 Å². The number of hydrogen-bond donors (Lipinski definition) is 0. The van der Waals surface area contributed by atoms with Gasteiger partial charge in [-0.05, 0) is 33.3 Å². The molecule has 94 valence electrons. The molecule has 17 heavy (non-hydrogen) atoms. The predicted molar refractivity (Wildman–Crippen MR) is 74.5 cm³/mol. The average molecular weight is 299 g/mol. The van der Waals surface area contributed by atoms with E-state index in [0.29, 0.717) is 6.54 Å². The summed E-state index contributed by atoms with van der Waals surface area (Å²) in [4.78, 5) is 16.1. The minimum absolute atomic E-state index is 0.160. The molecule has 0 N–H and O–H groups in total. The zero-order valence-corrected chi connectivity index (χ0v) is 12.2. The van der Waals surface area contributed by atoms with E-state index in [2.05, 4.69) is 20.8 Å². The Kier molecular flexibility index (Phi) is 5.82. The molecule has 4 heteroatoms. The van der Waals surface area contributed by atoms with E-state index in [9.17, 15) is 4.79 Å². The van der Waals surface area contributed by atoms with E-state index < -0.39 is 0 Å². The van der Waals surface area contributed by atoms with Crippen LogP contribution in [0.4, 0.5) is 0 Å². The van der Waals surface area contributed by atoms with Crippen molar-refractivity contribution in [2.75, 3.05) is 40.8 Å². The van der Waals surface area contributed by atoms with Gasteiger partial charge in [-0.25, -0.2) is 0 Å². The predicted octanol–water partition coefficient (Wildman–Crippen LogP) is 2.13. The lowest BCUT2D eigenvalue weighted by molar-refractivity contribution is 0.0942. The first kappa shape index (κ1) is 14.4. The zero-order valence-electron chi connectivity index (χ0n) is 10.6. The number of hydrogen-bond acceptors (Lipinski definition) is 3. The van der Waals surface area contributed by atoms with Gasteiger partial charge in [0.05, 0.1) is 6.54 Å². The maximum absolute atomic E-state index is 12.0. The number of likely N-dealkylation sites (N-methyl/N-ethyl adjacent to an activating group) is 2. The molecule has 0 amide bonds. The molecule has 0 unspecified atom stereocenters. The third kappa shape index (κ3) is 5.44. The number of rotatable bonds is 6. The van der Waals surface area contributed by atoms with Crippen molar-refractivity contribution in [3.8, 4) is 0 Å². The molecule has 0 saturated carbocycles. The fraction of sp³-hybridized carbons (Fsp3) is 0.462. The van der Waals surface area contributed by atoms with Crippen molar-refractivity contribution < 1.29 is 4.79 Å². The van der Waals surface area contributed by atoms with Crippen molar-refractivity contribution in [3.05, 3.63) is 34.3 Å². The Morgan fingerprint density at radius 2 is 1.94 bits per heavy atom. The summed E-state index contributed by atoms with van der Waals surface area (Å²) in [5, 5.41) is 0. The molecule has 0 bridgehead atoms. The van der Waals surface area contributed by atoms with Gasteiger partial charge in [-0.15, -0.1) is 0 Å². The third-order valence-corrected chi connectivity index (χ3v) is 2.98. The Morgan fingerprint density at radius 3 is 2.53 bits per heavy atom. The average Bonchev–Trinajstić information content (AvgIpc) is 2.26. The van der Waals surface area contributed by atoms with Gasteiger partial charge in [0.1, 0.15) is 0 Å². The molecular formula is C13H19BrN2O. The second kappa shape index (κ2) is 6.89. The van der Waals surface area contributed by atoms with Crippen LogP contribution in [0.3, 0.4) is 0 Å². The van der Waals surface area contributed by atoms with Crippen LogP contribution in [0.5, 0.6) is 0 Å². The molecule has 0 saturated heterocycles.